The van der Waals surface area contributed by atoms with Crippen LogP contribution in [0.5, 0.6) is 11.5 Å². The maximum Gasteiger partial charge on any atom is 0.338 e. The Kier molecular flexibility index (Phi) is 6.23. The number of hydrogen-bond acceptors (Lipinski definition) is 7. The van der Waals surface area contributed by atoms with E-state index in [1.807, 2.05) is 37.4 Å². The molecular formula is C20H20N2O5S. The Labute approximate surface area is 166 Å². The van der Waals surface area contributed by atoms with Gasteiger partial charge in [0.05, 0.1) is 24.6 Å². The predicted molar refractivity (Wildman–Crippen MR) is 106 cm³/mol. The van der Waals surface area contributed by atoms with Gasteiger partial charge in [0.2, 0.25) is 0 Å². The number of aliphatic carboxylic acids is 1. The van der Waals surface area contributed by atoms with Crippen LogP contribution in [0.15, 0.2) is 41.8 Å². The van der Waals surface area contributed by atoms with Gasteiger partial charge in [0.25, 0.3) is 0 Å². The standard InChI is InChI=1S/C20H20N2O5S/c1-3-26-16-9-8-12(10-17(16)27-4-2)19-22-15(11-28-19)13-6-5-7-14(21-13)18(23)20(24)25/h5-11,18,23H,3-4H2,1-2H3,(H,24,25). The summed E-state index contributed by atoms with van der Waals surface area (Å²) in [5.41, 5.74) is 2.05. The predicted octanol–water partition coefficient (Wildman–Crippen LogP) is 3.79. The number of nitrogens with zero attached hydrogens (tertiary/aromatic N) is 2. The number of hydrogen-bond donors (Lipinski definition) is 2. The molecule has 0 radical (unpaired) electrons. The van der Waals surface area contributed by atoms with Crippen molar-refractivity contribution in [2.45, 2.75) is 20.0 Å². The SMILES string of the molecule is CCOc1ccc(-c2nc(-c3cccc(C(O)C(=O)O)n3)cs2)cc1OCC. The number of pyridine rings is 1. The molecule has 8 heteroatoms. The molecule has 3 rings (SSSR count). The molecule has 2 heterocycles. The number of aliphatic hydroxyl groups is 1. The van der Waals surface area contributed by atoms with Crippen molar-refractivity contribution in [1.29, 1.82) is 0 Å². The Morgan fingerprint density at radius 1 is 1.07 bits per heavy atom. The molecule has 0 amide bonds. The van der Waals surface area contributed by atoms with Crippen molar-refractivity contribution >= 4 is 17.3 Å². The third-order valence-electron chi connectivity index (χ3n) is 3.84. The molecule has 1 atom stereocenters. The van der Waals surface area contributed by atoms with Crippen molar-refractivity contribution in [1.82, 2.24) is 9.97 Å². The Morgan fingerprint density at radius 2 is 1.82 bits per heavy atom. The van der Waals surface area contributed by atoms with Crippen molar-refractivity contribution in [3.05, 3.63) is 47.5 Å². The van der Waals surface area contributed by atoms with E-state index in [2.05, 4.69) is 9.97 Å². The average molecular weight is 400 g/mol. The zero-order chi connectivity index (χ0) is 20.1. The van der Waals surface area contributed by atoms with Crippen LogP contribution in [-0.2, 0) is 4.79 Å². The molecule has 0 bridgehead atoms. The van der Waals surface area contributed by atoms with E-state index in [4.69, 9.17) is 14.6 Å². The van der Waals surface area contributed by atoms with Gasteiger partial charge in [-0.25, -0.2) is 14.8 Å². The number of carbonyl (C=O) groups is 1. The Balaban J connectivity index is 1.91. The summed E-state index contributed by atoms with van der Waals surface area (Å²) in [5, 5.41) is 21.3. The lowest BCUT2D eigenvalue weighted by Crippen LogP contribution is -2.12. The average Bonchev–Trinajstić information content (AvgIpc) is 3.19. The summed E-state index contributed by atoms with van der Waals surface area (Å²) in [4.78, 5) is 19.8. The van der Waals surface area contributed by atoms with Gasteiger partial charge in [-0.3, -0.25) is 0 Å². The number of thiazole rings is 1. The molecule has 2 N–H and O–H groups in total. The van der Waals surface area contributed by atoms with E-state index in [9.17, 15) is 9.90 Å². The van der Waals surface area contributed by atoms with Gasteiger partial charge in [-0.1, -0.05) is 6.07 Å². The second-order valence-corrected chi connectivity index (χ2v) is 6.61. The van der Waals surface area contributed by atoms with Crippen LogP contribution in [0.4, 0.5) is 0 Å². The minimum atomic E-state index is -1.67. The zero-order valence-corrected chi connectivity index (χ0v) is 16.3. The van der Waals surface area contributed by atoms with Gasteiger partial charge in [-0.2, -0.15) is 0 Å². The van der Waals surface area contributed by atoms with E-state index in [0.29, 0.717) is 36.1 Å². The molecule has 1 aromatic carbocycles. The van der Waals surface area contributed by atoms with Gasteiger partial charge in [0.15, 0.2) is 17.6 Å². The summed E-state index contributed by atoms with van der Waals surface area (Å²) in [6.07, 6.45) is -1.67. The molecular weight excluding hydrogens is 380 g/mol. The summed E-state index contributed by atoms with van der Waals surface area (Å²) in [6.45, 7) is 4.90. The molecule has 0 fully saturated rings. The molecule has 1 unspecified atom stereocenters. The van der Waals surface area contributed by atoms with Crippen LogP contribution in [0, 0.1) is 0 Å². The van der Waals surface area contributed by atoms with Crippen LogP contribution in [0.3, 0.4) is 0 Å². The van der Waals surface area contributed by atoms with Crippen LogP contribution >= 0.6 is 11.3 Å². The molecule has 2 aromatic heterocycles. The van der Waals surface area contributed by atoms with Gasteiger partial charge in [-0.05, 0) is 44.2 Å². The molecule has 28 heavy (non-hydrogen) atoms. The van der Waals surface area contributed by atoms with E-state index in [-0.39, 0.29) is 5.69 Å². The molecule has 3 aromatic rings. The van der Waals surface area contributed by atoms with E-state index in [0.717, 1.165) is 10.6 Å². The van der Waals surface area contributed by atoms with Crippen LogP contribution in [0.25, 0.3) is 22.0 Å². The molecule has 0 spiro atoms. The first-order chi connectivity index (χ1) is 13.5. The molecule has 0 saturated carbocycles. The summed E-state index contributed by atoms with van der Waals surface area (Å²) >= 11 is 1.44. The normalized spacial score (nSPS) is 11.8. The molecule has 0 aliphatic carbocycles. The van der Waals surface area contributed by atoms with Gasteiger partial charge in [-0.15, -0.1) is 11.3 Å². The van der Waals surface area contributed by atoms with Gasteiger partial charge < -0.3 is 19.7 Å². The lowest BCUT2D eigenvalue weighted by molar-refractivity contribution is -0.147. The monoisotopic (exact) mass is 400 g/mol. The Morgan fingerprint density at radius 3 is 2.54 bits per heavy atom. The lowest BCUT2D eigenvalue weighted by atomic mass is 10.2. The molecule has 7 nitrogen and oxygen atoms in total. The van der Waals surface area contributed by atoms with E-state index >= 15 is 0 Å². The molecule has 146 valence electrons. The first-order valence-electron chi connectivity index (χ1n) is 8.77. The van der Waals surface area contributed by atoms with Gasteiger partial charge in [0, 0.05) is 10.9 Å². The molecule has 0 saturated heterocycles. The van der Waals surface area contributed by atoms with Crippen molar-refractivity contribution < 1.29 is 24.5 Å². The highest BCUT2D eigenvalue weighted by Crippen LogP contribution is 2.35. The van der Waals surface area contributed by atoms with Crippen LogP contribution in [0.1, 0.15) is 25.6 Å². The first kappa shape index (κ1) is 19.8. The summed E-state index contributed by atoms with van der Waals surface area (Å²) in [5.74, 6) is -0.00772. The zero-order valence-electron chi connectivity index (χ0n) is 15.5. The Bertz CT molecular complexity index is 973. The maximum absolute atomic E-state index is 11.0. The number of ether oxygens (including phenoxy) is 2. The summed E-state index contributed by atoms with van der Waals surface area (Å²) in [7, 11) is 0. The number of rotatable bonds is 8. The van der Waals surface area contributed by atoms with E-state index < -0.39 is 12.1 Å². The highest BCUT2D eigenvalue weighted by Gasteiger charge is 2.18. The van der Waals surface area contributed by atoms with Crippen LogP contribution in [0.2, 0.25) is 0 Å². The van der Waals surface area contributed by atoms with E-state index in [1.54, 1.807) is 12.1 Å². The van der Waals surface area contributed by atoms with Crippen molar-refractivity contribution in [3.8, 4) is 33.5 Å². The number of benzene rings is 1. The minimum Gasteiger partial charge on any atom is -0.490 e. The third kappa shape index (κ3) is 4.29. The molecule has 0 aliphatic heterocycles. The number of aromatic nitrogens is 2. The van der Waals surface area contributed by atoms with Crippen LogP contribution in [-0.4, -0.2) is 39.4 Å². The van der Waals surface area contributed by atoms with Crippen LogP contribution < -0.4 is 9.47 Å². The number of carboxylic acid groups (broad SMARTS) is 1. The quantitative estimate of drug-likeness (QED) is 0.593. The van der Waals surface area contributed by atoms with Crippen molar-refractivity contribution in [2.75, 3.05) is 13.2 Å². The fraction of sp³-hybridized carbons (Fsp3) is 0.250. The third-order valence-corrected chi connectivity index (χ3v) is 4.73. The van der Waals surface area contributed by atoms with Crippen molar-refractivity contribution in [3.63, 3.8) is 0 Å². The maximum atomic E-state index is 11.0. The first-order valence-corrected chi connectivity index (χ1v) is 9.65. The molecule has 0 aliphatic rings. The summed E-state index contributed by atoms with van der Waals surface area (Å²) < 4.78 is 11.2. The fourth-order valence-corrected chi connectivity index (χ4v) is 3.39. The fourth-order valence-electron chi connectivity index (χ4n) is 2.58. The largest absolute Gasteiger partial charge is 0.490 e. The van der Waals surface area contributed by atoms with Crippen molar-refractivity contribution in [2.24, 2.45) is 0 Å². The highest BCUT2D eigenvalue weighted by atomic mass is 32.1. The lowest BCUT2D eigenvalue weighted by Gasteiger charge is -2.11. The van der Waals surface area contributed by atoms with Gasteiger partial charge >= 0.3 is 5.97 Å². The smallest absolute Gasteiger partial charge is 0.338 e. The van der Waals surface area contributed by atoms with E-state index in [1.165, 1.54) is 17.4 Å². The van der Waals surface area contributed by atoms with Gasteiger partial charge in [0.1, 0.15) is 10.7 Å². The highest BCUT2D eigenvalue weighted by molar-refractivity contribution is 7.13. The topological polar surface area (TPSA) is 102 Å². The minimum absolute atomic E-state index is 0.0687. The second-order valence-electron chi connectivity index (χ2n) is 5.75. The second kappa shape index (κ2) is 8.81. The number of aliphatic hydroxyl groups excluding tert-OH is 1. The Hall–Kier alpha value is -2.97. The number of carboxylic acids is 1. The summed E-state index contributed by atoms with van der Waals surface area (Å²) in [6, 6.07) is 10.5.